The van der Waals surface area contributed by atoms with Crippen LogP contribution in [0.15, 0.2) is 18.2 Å². The Morgan fingerprint density at radius 3 is 2.06 bits per heavy atom. The molecule has 0 saturated carbocycles. The van der Waals surface area contributed by atoms with E-state index in [9.17, 15) is 9.59 Å². The second-order valence-corrected chi connectivity index (χ2v) is 5.02. The van der Waals surface area contributed by atoms with Crippen LogP contribution in [0.1, 0.15) is 36.5 Å². The van der Waals surface area contributed by atoms with Crippen molar-refractivity contribution in [1.29, 1.82) is 0 Å². The van der Waals surface area contributed by atoms with Crippen LogP contribution in [0.25, 0.3) is 0 Å². The summed E-state index contributed by atoms with van der Waals surface area (Å²) >= 11 is 0. The molecule has 1 aromatic carbocycles. The van der Waals surface area contributed by atoms with Gasteiger partial charge in [0.05, 0.1) is 12.8 Å². The van der Waals surface area contributed by atoms with Crippen LogP contribution < -0.4 is 0 Å². The molecule has 0 aliphatic heterocycles. The van der Waals surface area contributed by atoms with Crippen LogP contribution >= 0.6 is 0 Å². The molecule has 0 spiro atoms. The third-order valence-corrected chi connectivity index (χ3v) is 3.13. The maximum Gasteiger partial charge on any atom is 0.304 e. The molecule has 0 unspecified atom stereocenters. The van der Waals surface area contributed by atoms with E-state index < -0.39 is 17.4 Å². The summed E-state index contributed by atoms with van der Waals surface area (Å²) in [6.07, 6.45) is -0.382. The summed E-state index contributed by atoms with van der Waals surface area (Å²) in [7, 11) is 0. The highest BCUT2D eigenvalue weighted by atomic mass is 16.4. The van der Waals surface area contributed by atoms with Gasteiger partial charge in [-0.05, 0) is 25.0 Å². The van der Waals surface area contributed by atoms with Crippen LogP contribution in [0.4, 0.5) is 0 Å². The lowest BCUT2D eigenvalue weighted by Gasteiger charge is -2.28. The topological polar surface area (TPSA) is 74.6 Å². The van der Waals surface area contributed by atoms with E-state index in [0.717, 1.165) is 16.7 Å². The lowest BCUT2D eigenvalue weighted by Crippen LogP contribution is -2.30. The zero-order chi connectivity index (χ0) is 13.9. The zero-order valence-electron chi connectivity index (χ0n) is 10.9. The predicted octanol–water partition coefficient (Wildman–Crippen LogP) is 2.51. The van der Waals surface area contributed by atoms with Crippen molar-refractivity contribution in [2.24, 2.45) is 0 Å². The molecule has 0 heterocycles. The Morgan fingerprint density at radius 1 is 1.11 bits per heavy atom. The highest BCUT2D eigenvalue weighted by Crippen LogP contribution is 2.34. The van der Waals surface area contributed by atoms with Crippen LogP contribution in [0.3, 0.4) is 0 Å². The highest BCUT2D eigenvalue weighted by molar-refractivity contribution is 5.74. The quantitative estimate of drug-likeness (QED) is 0.842. The van der Waals surface area contributed by atoms with Gasteiger partial charge in [0.2, 0.25) is 0 Å². The van der Waals surface area contributed by atoms with Crippen LogP contribution in [0.5, 0.6) is 0 Å². The first-order valence-electron chi connectivity index (χ1n) is 5.76. The minimum atomic E-state index is -0.986. The van der Waals surface area contributed by atoms with Crippen molar-refractivity contribution in [3.8, 4) is 0 Å². The van der Waals surface area contributed by atoms with Gasteiger partial charge in [0, 0.05) is 5.41 Å². The SMILES string of the molecule is Cc1ccc(C)c(C(C)(CC(=O)O)CC(=O)O)c1. The molecule has 0 bridgehead atoms. The molecular formula is C14H18O4. The maximum atomic E-state index is 11.0. The molecule has 4 nitrogen and oxygen atoms in total. The molecule has 0 amide bonds. The van der Waals surface area contributed by atoms with Crippen molar-refractivity contribution in [2.75, 3.05) is 0 Å². The summed E-state index contributed by atoms with van der Waals surface area (Å²) in [4.78, 5) is 21.9. The lowest BCUT2D eigenvalue weighted by molar-refractivity contribution is -0.141. The Kier molecular flexibility index (Phi) is 4.11. The Morgan fingerprint density at radius 2 is 1.61 bits per heavy atom. The van der Waals surface area contributed by atoms with Gasteiger partial charge < -0.3 is 10.2 Å². The zero-order valence-corrected chi connectivity index (χ0v) is 10.9. The lowest BCUT2D eigenvalue weighted by atomic mass is 9.74. The van der Waals surface area contributed by atoms with Crippen LogP contribution in [-0.4, -0.2) is 22.2 Å². The second kappa shape index (κ2) is 5.21. The van der Waals surface area contributed by atoms with Gasteiger partial charge in [0.15, 0.2) is 0 Å². The van der Waals surface area contributed by atoms with Gasteiger partial charge in [-0.25, -0.2) is 0 Å². The molecule has 18 heavy (non-hydrogen) atoms. The predicted molar refractivity (Wildman–Crippen MR) is 67.8 cm³/mol. The van der Waals surface area contributed by atoms with E-state index in [1.165, 1.54) is 0 Å². The van der Waals surface area contributed by atoms with Gasteiger partial charge in [0.25, 0.3) is 0 Å². The maximum absolute atomic E-state index is 11.0. The Balaban J connectivity index is 3.28. The summed E-state index contributed by atoms with van der Waals surface area (Å²) in [6.45, 7) is 5.47. The highest BCUT2D eigenvalue weighted by Gasteiger charge is 2.33. The minimum absolute atomic E-state index is 0.191. The standard InChI is InChI=1S/C14H18O4/c1-9-4-5-10(2)11(6-9)14(3,7-12(15)16)8-13(17)18/h4-6H,7-8H2,1-3H3,(H,15,16)(H,17,18). The first-order valence-corrected chi connectivity index (χ1v) is 5.76. The molecule has 1 rings (SSSR count). The van der Waals surface area contributed by atoms with E-state index in [0.29, 0.717) is 0 Å². The summed E-state index contributed by atoms with van der Waals surface area (Å²) in [5.41, 5.74) is 1.84. The second-order valence-electron chi connectivity index (χ2n) is 5.02. The largest absolute Gasteiger partial charge is 0.481 e. The van der Waals surface area contributed by atoms with Gasteiger partial charge in [-0.2, -0.15) is 0 Å². The molecule has 0 aromatic heterocycles. The molecule has 0 fully saturated rings. The average molecular weight is 250 g/mol. The fraction of sp³-hybridized carbons (Fsp3) is 0.429. The fourth-order valence-electron chi connectivity index (χ4n) is 2.31. The summed E-state index contributed by atoms with van der Waals surface area (Å²) in [6, 6.07) is 5.70. The number of carboxylic acids is 2. The molecule has 0 atom stereocenters. The first kappa shape index (κ1) is 14.2. The van der Waals surface area contributed by atoms with Gasteiger partial charge in [-0.3, -0.25) is 9.59 Å². The normalized spacial score (nSPS) is 11.3. The van der Waals surface area contributed by atoms with Gasteiger partial charge >= 0.3 is 11.9 Å². The van der Waals surface area contributed by atoms with Crippen molar-refractivity contribution in [2.45, 2.75) is 39.0 Å². The Hall–Kier alpha value is -1.84. The Bertz CT molecular complexity index is 461. The molecule has 1 aromatic rings. The monoisotopic (exact) mass is 250 g/mol. The van der Waals surface area contributed by atoms with E-state index in [-0.39, 0.29) is 12.8 Å². The average Bonchev–Trinajstić information content (AvgIpc) is 2.19. The Labute approximate surface area is 106 Å². The number of benzene rings is 1. The van der Waals surface area contributed by atoms with E-state index in [1.807, 2.05) is 32.0 Å². The van der Waals surface area contributed by atoms with Gasteiger partial charge in [0.1, 0.15) is 0 Å². The molecule has 2 N–H and O–H groups in total. The molecule has 0 saturated heterocycles. The number of carbonyl (C=O) groups is 2. The molecule has 0 aliphatic carbocycles. The smallest absolute Gasteiger partial charge is 0.304 e. The van der Waals surface area contributed by atoms with Crippen molar-refractivity contribution >= 4 is 11.9 Å². The van der Waals surface area contributed by atoms with Crippen LogP contribution in [0.2, 0.25) is 0 Å². The number of aryl methyl sites for hydroxylation is 2. The summed E-state index contributed by atoms with van der Waals surface area (Å²) < 4.78 is 0. The summed E-state index contributed by atoms with van der Waals surface area (Å²) in [5.74, 6) is -1.97. The van der Waals surface area contributed by atoms with Crippen LogP contribution in [0, 0.1) is 13.8 Å². The first-order chi connectivity index (χ1) is 8.24. The third-order valence-electron chi connectivity index (χ3n) is 3.13. The number of hydrogen-bond acceptors (Lipinski definition) is 2. The van der Waals surface area contributed by atoms with E-state index >= 15 is 0 Å². The van der Waals surface area contributed by atoms with E-state index in [4.69, 9.17) is 10.2 Å². The molecule has 98 valence electrons. The van der Waals surface area contributed by atoms with Crippen molar-refractivity contribution in [1.82, 2.24) is 0 Å². The molecule has 0 aliphatic rings. The molecule has 4 heteroatoms. The van der Waals surface area contributed by atoms with E-state index in [2.05, 4.69) is 0 Å². The van der Waals surface area contributed by atoms with Crippen molar-refractivity contribution < 1.29 is 19.8 Å². The number of rotatable bonds is 5. The van der Waals surface area contributed by atoms with E-state index in [1.54, 1.807) is 6.92 Å². The third kappa shape index (κ3) is 3.32. The number of hydrogen-bond donors (Lipinski definition) is 2. The summed E-state index contributed by atoms with van der Waals surface area (Å²) in [5, 5.41) is 18.0. The number of aliphatic carboxylic acids is 2. The minimum Gasteiger partial charge on any atom is -0.481 e. The molecular weight excluding hydrogens is 232 g/mol. The van der Waals surface area contributed by atoms with Crippen molar-refractivity contribution in [3.63, 3.8) is 0 Å². The van der Waals surface area contributed by atoms with Gasteiger partial charge in [-0.15, -0.1) is 0 Å². The van der Waals surface area contributed by atoms with Crippen LogP contribution in [-0.2, 0) is 15.0 Å². The van der Waals surface area contributed by atoms with Gasteiger partial charge in [-0.1, -0.05) is 30.7 Å². The number of carboxylic acid groups (broad SMARTS) is 2. The van der Waals surface area contributed by atoms with Crippen molar-refractivity contribution in [3.05, 3.63) is 34.9 Å². The fourth-order valence-corrected chi connectivity index (χ4v) is 2.31. The molecule has 0 radical (unpaired) electrons.